The van der Waals surface area contributed by atoms with Gasteiger partial charge in [0.2, 0.25) is 0 Å². The van der Waals surface area contributed by atoms with E-state index >= 15 is 0 Å². The molecule has 0 radical (unpaired) electrons. The average Bonchev–Trinajstić information content (AvgIpc) is 2.92. The first kappa shape index (κ1) is 16.0. The minimum Gasteiger partial charge on any atom is -0.481 e. The van der Waals surface area contributed by atoms with E-state index in [1.807, 2.05) is 0 Å². The van der Waals surface area contributed by atoms with Crippen LogP contribution in [0.2, 0.25) is 0 Å². The van der Waals surface area contributed by atoms with Gasteiger partial charge in [-0.25, -0.2) is 0 Å². The van der Waals surface area contributed by atoms with Crippen molar-refractivity contribution in [3.63, 3.8) is 0 Å². The Balaban J connectivity index is 2.14. The van der Waals surface area contributed by atoms with E-state index in [9.17, 15) is 9.90 Å². The largest absolute Gasteiger partial charge is 0.481 e. The third-order valence-electron chi connectivity index (χ3n) is 4.30. The number of ether oxygens (including phenoxy) is 1. The Morgan fingerprint density at radius 1 is 1.33 bits per heavy atom. The molecule has 21 heavy (non-hydrogen) atoms. The molecule has 4 heteroatoms. The maximum absolute atomic E-state index is 11.4. The zero-order valence-electron chi connectivity index (χ0n) is 13.1. The fourth-order valence-electron chi connectivity index (χ4n) is 2.92. The van der Waals surface area contributed by atoms with Gasteiger partial charge in [-0.05, 0) is 43.5 Å². The van der Waals surface area contributed by atoms with E-state index < -0.39 is 11.9 Å². The molecule has 4 nitrogen and oxygen atoms in total. The molecule has 1 saturated heterocycles. The van der Waals surface area contributed by atoms with Crippen molar-refractivity contribution in [3.05, 3.63) is 34.9 Å². The van der Waals surface area contributed by atoms with Crippen molar-refractivity contribution < 1.29 is 14.6 Å². The van der Waals surface area contributed by atoms with Crippen molar-refractivity contribution >= 4 is 5.97 Å². The summed E-state index contributed by atoms with van der Waals surface area (Å²) in [6, 6.07) is 6.44. The maximum atomic E-state index is 11.4. The number of nitrogens with zero attached hydrogens (tertiary/aromatic N) is 1. The normalized spacial score (nSPS) is 21.9. The topological polar surface area (TPSA) is 49.8 Å². The quantitative estimate of drug-likeness (QED) is 0.875. The number of benzene rings is 1. The Hall–Kier alpha value is -1.39. The van der Waals surface area contributed by atoms with Gasteiger partial charge in [-0.2, -0.15) is 0 Å². The molecule has 1 aromatic rings. The van der Waals surface area contributed by atoms with Crippen molar-refractivity contribution in [3.8, 4) is 0 Å². The van der Waals surface area contributed by atoms with Gasteiger partial charge in [0.25, 0.3) is 0 Å². The predicted octanol–water partition coefficient (Wildman–Crippen LogP) is 2.62. The first-order valence-corrected chi connectivity index (χ1v) is 7.63. The summed E-state index contributed by atoms with van der Waals surface area (Å²) in [5.74, 6) is -1.17. The Morgan fingerprint density at radius 2 is 2.10 bits per heavy atom. The van der Waals surface area contributed by atoms with Crippen molar-refractivity contribution in [2.75, 3.05) is 19.8 Å². The number of carboxylic acids is 1. The zero-order valence-corrected chi connectivity index (χ0v) is 13.1. The summed E-state index contributed by atoms with van der Waals surface area (Å²) >= 11 is 0. The summed E-state index contributed by atoms with van der Waals surface area (Å²) in [6.45, 7) is 8.86. The van der Waals surface area contributed by atoms with Gasteiger partial charge in [0.15, 0.2) is 0 Å². The van der Waals surface area contributed by atoms with Gasteiger partial charge in [-0.3, -0.25) is 9.69 Å². The molecule has 1 N–H and O–H groups in total. The highest BCUT2D eigenvalue weighted by molar-refractivity contribution is 5.71. The highest BCUT2D eigenvalue weighted by atomic mass is 16.5. The van der Waals surface area contributed by atoms with Crippen LogP contribution in [0.4, 0.5) is 0 Å². The second-order valence-corrected chi connectivity index (χ2v) is 5.94. The second kappa shape index (κ2) is 7.05. The summed E-state index contributed by atoms with van der Waals surface area (Å²) in [6.07, 6.45) is 1.01. The van der Waals surface area contributed by atoms with Crippen LogP contribution in [-0.2, 0) is 16.1 Å². The van der Waals surface area contributed by atoms with E-state index in [-0.39, 0.29) is 6.04 Å². The van der Waals surface area contributed by atoms with Crippen LogP contribution in [0.1, 0.15) is 30.0 Å². The molecule has 0 aliphatic carbocycles. The van der Waals surface area contributed by atoms with Gasteiger partial charge in [0.05, 0.1) is 19.1 Å². The van der Waals surface area contributed by atoms with E-state index in [0.29, 0.717) is 13.2 Å². The highest BCUT2D eigenvalue weighted by Gasteiger charge is 2.37. The maximum Gasteiger partial charge on any atom is 0.310 e. The number of carbonyl (C=O) groups is 1. The van der Waals surface area contributed by atoms with Crippen LogP contribution in [0, 0.1) is 19.8 Å². The lowest BCUT2D eigenvalue weighted by molar-refractivity contribution is -0.143. The van der Waals surface area contributed by atoms with Crippen LogP contribution < -0.4 is 0 Å². The van der Waals surface area contributed by atoms with Gasteiger partial charge >= 0.3 is 5.97 Å². The average molecular weight is 291 g/mol. The van der Waals surface area contributed by atoms with Crippen molar-refractivity contribution in [2.24, 2.45) is 5.92 Å². The van der Waals surface area contributed by atoms with Gasteiger partial charge in [0, 0.05) is 12.6 Å². The van der Waals surface area contributed by atoms with Gasteiger partial charge in [-0.1, -0.05) is 25.1 Å². The molecule has 2 rings (SSSR count). The molecule has 0 saturated carbocycles. The molecule has 2 unspecified atom stereocenters. The lowest BCUT2D eigenvalue weighted by Gasteiger charge is -2.30. The van der Waals surface area contributed by atoms with E-state index in [1.165, 1.54) is 16.7 Å². The molecule has 116 valence electrons. The van der Waals surface area contributed by atoms with Crippen molar-refractivity contribution in [1.82, 2.24) is 4.90 Å². The number of aliphatic carboxylic acids is 1. The van der Waals surface area contributed by atoms with Crippen LogP contribution in [-0.4, -0.2) is 41.8 Å². The molecule has 0 aromatic heterocycles. The third kappa shape index (κ3) is 3.83. The molecule has 0 amide bonds. The van der Waals surface area contributed by atoms with E-state index in [0.717, 1.165) is 19.5 Å². The Bertz CT molecular complexity index is 501. The summed E-state index contributed by atoms with van der Waals surface area (Å²) < 4.78 is 5.42. The summed E-state index contributed by atoms with van der Waals surface area (Å²) in [7, 11) is 0. The third-order valence-corrected chi connectivity index (χ3v) is 4.30. The van der Waals surface area contributed by atoms with Crippen molar-refractivity contribution in [2.45, 2.75) is 39.8 Å². The van der Waals surface area contributed by atoms with Crippen LogP contribution in [0.3, 0.4) is 0 Å². The van der Waals surface area contributed by atoms with E-state index in [2.05, 4.69) is 43.9 Å². The molecule has 2 atom stereocenters. The van der Waals surface area contributed by atoms with Crippen molar-refractivity contribution in [1.29, 1.82) is 0 Å². The first-order chi connectivity index (χ1) is 10.0. The van der Waals surface area contributed by atoms with Gasteiger partial charge in [0.1, 0.15) is 0 Å². The number of hydrogen-bond acceptors (Lipinski definition) is 3. The molecule has 1 aliphatic heterocycles. The fraction of sp³-hybridized carbons (Fsp3) is 0.588. The molecule has 1 heterocycles. The molecule has 1 fully saturated rings. The monoisotopic (exact) mass is 291 g/mol. The standard InChI is InChI=1S/C17H25NO3/c1-4-7-18(16-11-21-10-15(16)17(19)20)9-14-6-5-12(2)13(3)8-14/h5-6,8,15-16H,4,7,9-11H2,1-3H3,(H,19,20). The number of hydrogen-bond donors (Lipinski definition) is 1. The van der Waals surface area contributed by atoms with Crippen LogP contribution in [0.25, 0.3) is 0 Å². The van der Waals surface area contributed by atoms with E-state index in [4.69, 9.17) is 4.74 Å². The fourth-order valence-corrected chi connectivity index (χ4v) is 2.92. The molecule has 1 aliphatic rings. The number of carboxylic acid groups (broad SMARTS) is 1. The Kier molecular flexibility index (Phi) is 5.37. The lowest BCUT2D eigenvalue weighted by Crippen LogP contribution is -2.43. The Morgan fingerprint density at radius 3 is 2.71 bits per heavy atom. The summed E-state index contributed by atoms with van der Waals surface area (Å²) in [4.78, 5) is 13.6. The van der Waals surface area contributed by atoms with Crippen LogP contribution in [0.15, 0.2) is 18.2 Å². The smallest absolute Gasteiger partial charge is 0.310 e. The van der Waals surface area contributed by atoms with Gasteiger partial charge < -0.3 is 9.84 Å². The van der Waals surface area contributed by atoms with E-state index in [1.54, 1.807) is 0 Å². The lowest BCUT2D eigenvalue weighted by atomic mass is 10.0. The Labute approximate surface area is 126 Å². The number of rotatable bonds is 6. The molecular formula is C17H25NO3. The van der Waals surface area contributed by atoms with Gasteiger partial charge in [-0.15, -0.1) is 0 Å². The number of aryl methyl sites for hydroxylation is 2. The minimum absolute atomic E-state index is 0.0240. The summed E-state index contributed by atoms with van der Waals surface area (Å²) in [5, 5.41) is 9.34. The first-order valence-electron chi connectivity index (χ1n) is 7.63. The highest BCUT2D eigenvalue weighted by Crippen LogP contribution is 2.23. The summed E-state index contributed by atoms with van der Waals surface area (Å²) in [5.41, 5.74) is 3.80. The predicted molar refractivity (Wildman–Crippen MR) is 82.3 cm³/mol. The molecule has 1 aromatic carbocycles. The zero-order chi connectivity index (χ0) is 15.4. The minimum atomic E-state index is -0.751. The van der Waals surface area contributed by atoms with Crippen LogP contribution in [0.5, 0.6) is 0 Å². The molecular weight excluding hydrogens is 266 g/mol. The van der Waals surface area contributed by atoms with Crippen LogP contribution >= 0.6 is 0 Å². The molecule has 0 spiro atoms. The second-order valence-electron chi connectivity index (χ2n) is 5.94. The SMILES string of the molecule is CCCN(Cc1ccc(C)c(C)c1)C1COCC1C(=O)O. The molecule has 0 bridgehead atoms.